The Balaban J connectivity index is 1.06. The number of hydrogen-bond donors (Lipinski definition) is 0. The Hall–Kier alpha value is -8.16. The van der Waals surface area contributed by atoms with Gasteiger partial charge >= 0.3 is 0 Å². The number of fused-ring (bicyclic) bond motifs is 3. The van der Waals surface area contributed by atoms with Crippen LogP contribution in [0.3, 0.4) is 0 Å². The molecule has 0 heterocycles. The summed E-state index contributed by atoms with van der Waals surface area (Å²) in [6, 6.07) is 94.2. The Morgan fingerprint density at radius 1 is 0.312 bits per heavy atom. The van der Waals surface area contributed by atoms with Crippen molar-refractivity contribution in [3.8, 4) is 28.3 Å². The molecule has 0 N–H and O–H groups in total. The zero-order valence-electron chi connectivity index (χ0n) is 35.1. The molecule has 0 aromatic heterocycles. The van der Waals surface area contributed by atoms with Crippen LogP contribution in [0.1, 0.15) is 5.56 Å². The second kappa shape index (κ2) is 16.6. The molecule has 0 fully saturated rings. The molecule has 0 saturated heterocycles. The summed E-state index contributed by atoms with van der Waals surface area (Å²) in [4.78, 5) is 7.39. The molecule has 0 radical (unpaired) electrons. The number of rotatable bonds is 9. The van der Waals surface area contributed by atoms with E-state index in [9.17, 15) is 5.26 Å². The van der Waals surface area contributed by atoms with Crippen molar-refractivity contribution >= 4 is 59.4 Å². The van der Waals surface area contributed by atoms with Gasteiger partial charge in [-0.25, -0.2) is 0 Å². The van der Waals surface area contributed by atoms with E-state index in [1.54, 1.807) is 0 Å². The van der Waals surface area contributed by atoms with Crippen molar-refractivity contribution in [2.24, 2.45) is 0 Å². The van der Waals surface area contributed by atoms with Crippen LogP contribution in [0.15, 0.2) is 274 Å². The minimum Gasteiger partial charge on any atom is -0.311 e. The molecule has 302 valence electrons. The summed E-state index contributed by atoms with van der Waals surface area (Å²) in [6.07, 6.45) is 0. The van der Waals surface area contributed by atoms with E-state index in [0.29, 0.717) is 5.56 Å². The van der Waals surface area contributed by atoms with Crippen LogP contribution in [-0.4, -0.2) is 0 Å². The van der Waals surface area contributed by atoms with Crippen molar-refractivity contribution in [2.75, 3.05) is 4.90 Å². The highest BCUT2D eigenvalue weighted by Gasteiger charge is 2.33. The molecule has 0 amide bonds. The highest BCUT2D eigenvalue weighted by atomic mass is 32.3. The van der Waals surface area contributed by atoms with E-state index in [1.807, 2.05) is 24.3 Å². The zero-order chi connectivity index (χ0) is 42.9. The molecule has 2 nitrogen and oxygen atoms in total. The third kappa shape index (κ3) is 6.61. The third-order valence-electron chi connectivity index (χ3n) is 12.4. The van der Waals surface area contributed by atoms with E-state index >= 15 is 0 Å². The summed E-state index contributed by atoms with van der Waals surface area (Å²) in [5, 5.41) is 17.1. The van der Waals surface area contributed by atoms with Gasteiger partial charge in [-0.3, -0.25) is 0 Å². The first kappa shape index (κ1) is 38.7. The minimum absolute atomic E-state index is 0.627. The molecular formula is C61H42N2S. The van der Waals surface area contributed by atoms with E-state index in [1.165, 1.54) is 68.6 Å². The molecule has 11 aromatic carbocycles. The Kier molecular flexibility index (Phi) is 10.1. The quantitative estimate of drug-likeness (QED) is 0.135. The lowest BCUT2D eigenvalue weighted by Crippen LogP contribution is -2.10. The molecule has 0 spiro atoms. The largest absolute Gasteiger partial charge is 0.311 e. The maximum Gasteiger partial charge on any atom is 0.0991 e. The molecule has 64 heavy (non-hydrogen) atoms. The molecule has 0 aliphatic heterocycles. The van der Waals surface area contributed by atoms with Crippen LogP contribution in [0.5, 0.6) is 0 Å². The standard InChI is InChI=1S/C61H42N2S/c62-43-44-31-35-47(36-32-44)63(49-39-41-53(42-40-49)64(50-19-4-1-5-20-50,51-21-6-2-7-22-51)52-23-8-3-9-24-52)48-37-33-46(34-38-48)60-56-26-12-14-28-58(56)61(59-29-15-13-27-57(59)60)55-30-16-18-45-17-10-11-25-54(45)55/h1-42H. The summed E-state index contributed by atoms with van der Waals surface area (Å²) in [6.45, 7) is 0. The van der Waals surface area contributed by atoms with Crippen molar-refractivity contribution in [3.63, 3.8) is 0 Å². The van der Waals surface area contributed by atoms with Gasteiger partial charge in [-0.05, 0) is 152 Å². The average molecular weight is 835 g/mol. The molecule has 11 aromatic rings. The summed E-state index contributed by atoms with van der Waals surface area (Å²) < 4.78 is 0. The van der Waals surface area contributed by atoms with Crippen molar-refractivity contribution < 1.29 is 0 Å². The fourth-order valence-electron chi connectivity index (χ4n) is 9.57. The highest BCUT2D eigenvalue weighted by Crippen LogP contribution is 2.73. The van der Waals surface area contributed by atoms with E-state index < -0.39 is 10.0 Å². The fraction of sp³-hybridized carbons (Fsp3) is 0. The predicted molar refractivity (Wildman–Crippen MR) is 269 cm³/mol. The molecular weight excluding hydrogens is 793 g/mol. The molecule has 0 bridgehead atoms. The average Bonchev–Trinajstić information content (AvgIpc) is 3.38. The molecule has 0 atom stereocenters. The molecule has 11 rings (SSSR count). The van der Waals surface area contributed by atoms with Gasteiger partial charge in [0.25, 0.3) is 0 Å². The first-order valence-electron chi connectivity index (χ1n) is 21.6. The van der Waals surface area contributed by atoms with Gasteiger partial charge < -0.3 is 4.90 Å². The van der Waals surface area contributed by atoms with Gasteiger partial charge in [-0.2, -0.15) is 5.26 Å². The Morgan fingerprint density at radius 3 is 1.17 bits per heavy atom. The first-order valence-corrected chi connectivity index (χ1v) is 23.3. The van der Waals surface area contributed by atoms with Crippen molar-refractivity contribution in [3.05, 3.63) is 260 Å². The summed E-state index contributed by atoms with van der Waals surface area (Å²) in [7, 11) is -1.85. The summed E-state index contributed by atoms with van der Waals surface area (Å²) in [5.41, 5.74) is 8.53. The lowest BCUT2D eigenvalue weighted by atomic mass is 9.85. The topological polar surface area (TPSA) is 27.0 Å². The normalized spacial score (nSPS) is 11.7. The third-order valence-corrected chi connectivity index (χ3v) is 16.3. The van der Waals surface area contributed by atoms with Crippen molar-refractivity contribution in [2.45, 2.75) is 19.6 Å². The number of nitriles is 1. The smallest absolute Gasteiger partial charge is 0.0991 e. The highest BCUT2D eigenvalue weighted by molar-refractivity contribution is 8.34. The van der Waals surface area contributed by atoms with Crippen LogP contribution in [0.2, 0.25) is 0 Å². The SMILES string of the molecule is N#Cc1ccc(N(c2ccc(-c3c4ccccc4c(-c4cccc5ccccc45)c4ccccc34)cc2)c2ccc(S(c3ccccc3)(c3ccccc3)c3ccccc3)cc2)cc1. The molecule has 0 saturated carbocycles. The van der Waals surface area contributed by atoms with E-state index in [2.05, 4.69) is 241 Å². The van der Waals surface area contributed by atoms with Gasteiger partial charge in [-0.1, -0.05) is 158 Å². The molecule has 0 aliphatic carbocycles. The van der Waals surface area contributed by atoms with Gasteiger partial charge in [0.2, 0.25) is 0 Å². The Morgan fingerprint density at radius 2 is 0.688 bits per heavy atom. The lowest BCUT2D eigenvalue weighted by Gasteiger charge is -2.42. The van der Waals surface area contributed by atoms with E-state index in [4.69, 9.17) is 0 Å². The second-order valence-electron chi connectivity index (χ2n) is 16.0. The van der Waals surface area contributed by atoms with Crippen molar-refractivity contribution in [1.29, 1.82) is 5.26 Å². The van der Waals surface area contributed by atoms with Crippen LogP contribution in [-0.2, 0) is 0 Å². The molecule has 0 unspecified atom stereocenters. The van der Waals surface area contributed by atoms with Crippen molar-refractivity contribution in [1.82, 2.24) is 0 Å². The second-order valence-corrected chi connectivity index (χ2v) is 19.1. The van der Waals surface area contributed by atoms with Crippen LogP contribution in [0, 0.1) is 11.3 Å². The van der Waals surface area contributed by atoms with Crippen LogP contribution in [0.25, 0.3) is 54.6 Å². The number of benzene rings is 11. The monoisotopic (exact) mass is 834 g/mol. The van der Waals surface area contributed by atoms with Gasteiger partial charge in [0.15, 0.2) is 0 Å². The summed E-state index contributed by atoms with van der Waals surface area (Å²) in [5.74, 6) is 0. The number of hydrogen-bond acceptors (Lipinski definition) is 2. The Labute approximate surface area is 375 Å². The maximum atomic E-state index is 9.75. The van der Waals surface area contributed by atoms with Crippen LogP contribution >= 0.6 is 10.0 Å². The number of anilines is 3. The first-order chi connectivity index (χ1) is 31.7. The summed E-state index contributed by atoms with van der Waals surface area (Å²) >= 11 is 0. The van der Waals surface area contributed by atoms with Gasteiger partial charge in [-0.15, -0.1) is 10.0 Å². The zero-order valence-corrected chi connectivity index (χ0v) is 35.9. The molecule has 3 heteroatoms. The minimum atomic E-state index is -1.85. The van der Waals surface area contributed by atoms with E-state index in [0.717, 1.165) is 22.6 Å². The van der Waals surface area contributed by atoms with Crippen LogP contribution in [0.4, 0.5) is 17.1 Å². The molecule has 0 aliphatic rings. The number of nitrogens with zero attached hydrogens (tertiary/aromatic N) is 2. The van der Waals surface area contributed by atoms with Crippen LogP contribution < -0.4 is 4.90 Å². The predicted octanol–water partition coefficient (Wildman–Crippen LogP) is 17.2. The van der Waals surface area contributed by atoms with Gasteiger partial charge in [0.05, 0.1) is 11.6 Å². The van der Waals surface area contributed by atoms with E-state index in [-0.39, 0.29) is 0 Å². The lowest BCUT2D eigenvalue weighted by molar-refractivity contribution is 1.22. The Bertz CT molecular complexity index is 3310. The van der Waals surface area contributed by atoms with Gasteiger partial charge in [0, 0.05) is 36.6 Å². The maximum absolute atomic E-state index is 9.75. The fourth-order valence-corrected chi connectivity index (χ4v) is 13.4. The van der Waals surface area contributed by atoms with Gasteiger partial charge in [0.1, 0.15) is 0 Å².